The molecule has 2 rings (SSSR count). The van der Waals surface area contributed by atoms with E-state index < -0.39 is 0 Å². The van der Waals surface area contributed by atoms with Gasteiger partial charge in [-0.15, -0.1) is 0 Å². The summed E-state index contributed by atoms with van der Waals surface area (Å²) in [5.74, 6) is -0.0550. The first-order valence-electron chi connectivity index (χ1n) is 9.31. The lowest BCUT2D eigenvalue weighted by atomic mass is 9.74. The molecule has 1 heterocycles. The van der Waals surface area contributed by atoms with Crippen LogP contribution in [0.4, 0.5) is 0 Å². The Kier molecular flexibility index (Phi) is 7.16. The molecular weight excluding hydrogens is 342 g/mol. The SMILES string of the molecule is C/C=C/c1ccc([C@H]2[C@H](CO)N(C(C)=O)[C@H]2CN(C)C(=O)CN(C)C)cc1. The van der Waals surface area contributed by atoms with E-state index in [4.69, 9.17) is 0 Å². The molecule has 0 unspecified atom stereocenters. The second kappa shape index (κ2) is 9.15. The van der Waals surface area contributed by atoms with E-state index in [2.05, 4.69) is 12.1 Å². The van der Waals surface area contributed by atoms with E-state index >= 15 is 0 Å². The molecule has 1 aromatic carbocycles. The molecule has 1 fully saturated rings. The number of aliphatic hydroxyl groups is 1. The molecule has 148 valence electrons. The molecule has 0 aliphatic carbocycles. The fourth-order valence-electron chi connectivity index (χ4n) is 3.86. The van der Waals surface area contributed by atoms with Gasteiger partial charge < -0.3 is 19.8 Å². The van der Waals surface area contributed by atoms with Crippen molar-refractivity contribution < 1.29 is 14.7 Å². The van der Waals surface area contributed by atoms with Crippen LogP contribution in [0, 0.1) is 0 Å². The van der Waals surface area contributed by atoms with Crippen LogP contribution in [0.15, 0.2) is 30.3 Å². The Bertz CT molecular complexity index is 684. The van der Waals surface area contributed by atoms with E-state index in [-0.39, 0.29) is 36.4 Å². The van der Waals surface area contributed by atoms with Gasteiger partial charge >= 0.3 is 0 Å². The van der Waals surface area contributed by atoms with Crippen LogP contribution in [0.3, 0.4) is 0 Å². The molecule has 2 amide bonds. The van der Waals surface area contributed by atoms with Gasteiger partial charge in [-0.1, -0.05) is 36.4 Å². The number of aliphatic hydroxyl groups excluding tert-OH is 1. The standard InChI is InChI=1S/C21H31N3O3/c1-6-7-16-8-10-17(11-9-16)21-18(24(15(2)26)19(21)14-25)12-23(5)20(27)13-22(3)4/h6-11,18-19,21,25H,12-14H2,1-5H3/b7-6+/t18-,19-,21+/m0/s1. The third-order valence-corrected chi connectivity index (χ3v) is 5.11. The summed E-state index contributed by atoms with van der Waals surface area (Å²) in [6.45, 7) is 4.18. The Hall–Kier alpha value is -2.18. The molecule has 6 nitrogen and oxygen atoms in total. The van der Waals surface area contributed by atoms with Crippen molar-refractivity contribution >= 4 is 17.9 Å². The minimum absolute atomic E-state index is 0.00756. The highest BCUT2D eigenvalue weighted by Crippen LogP contribution is 2.41. The largest absolute Gasteiger partial charge is 0.394 e. The Morgan fingerprint density at radius 3 is 2.26 bits per heavy atom. The zero-order chi connectivity index (χ0) is 20.1. The predicted octanol–water partition coefficient (Wildman–Crippen LogP) is 1.41. The molecule has 0 radical (unpaired) electrons. The maximum atomic E-state index is 12.3. The summed E-state index contributed by atoms with van der Waals surface area (Å²) in [6, 6.07) is 7.79. The Labute approximate surface area is 162 Å². The summed E-state index contributed by atoms with van der Waals surface area (Å²) in [5, 5.41) is 9.86. The van der Waals surface area contributed by atoms with Crippen LogP contribution in [0.5, 0.6) is 0 Å². The number of rotatable bonds is 7. The zero-order valence-corrected chi connectivity index (χ0v) is 16.9. The number of carbonyl (C=O) groups excluding carboxylic acids is 2. The van der Waals surface area contributed by atoms with E-state index in [1.54, 1.807) is 16.8 Å². The molecule has 1 aromatic rings. The number of likely N-dealkylation sites (N-methyl/N-ethyl adjacent to an activating group) is 2. The smallest absolute Gasteiger partial charge is 0.236 e. The number of carbonyl (C=O) groups is 2. The van der Waals surface area contributed by atoms with Gasteiger partial charge in [0.25, 0.3) is 0 Å². The van der Waals surface area contributed by atoms with Gasteiger partial charge in [0.1, 0.15) is 0 Å². The van der Waals surface area contributed by atoms with E-state index in [0.29, 0.717) is 13.1 Å². The summed E-state index contributed by atoms with van der Waals surface area (Å²) >= 11 is 0. The van der Waals surface area contributed by atoms with Crippen molar-refractivity contribution in [2.24, 2.45) is 0 Å². The van der Waals surface area contributed by atoms with Crippen LogP contribution in [0.25, 0.3) is 6.08 Å². The average Bonchev–Trinajstić information content (AvgIpc) is 2.58. The lowest BCUT2D eigenvalue weighted by molar-refractivity contribution is -0.152. The predicted molar refractivity (Wildman–Crippen MR) is 107 cm³/mol. The van der Waals surface area contributed by atoms with Gasteiger partial charge in [-0.3, -0.25) is 9.59 Å². The average molecular weight is 373 g/mol. The molecule has 1 aliphatic rings. The second-order valence-corrected chi connectivity index (χ2v) is 7.45. The first-order chi connectivity index (χ1) is 12.8. The lowest BCUT2D eigenvalue weighted by Gasteiger charge is -2.55. The summed E-state index contributed by atoms with van der Waals surface area (Å²) in [7, 11) is 5.48. The van der Waals surface area contributed by atoms with Crippen molar-refractivity contribution in [3.05, 3.63) is 41.5 Å². The number of amides is 2. The van der Waals surface area contributed by atoms with Crippen molar-refractivity contribution in [1.82, 2.24) is 14.7 Å². The molecule has 0 aromatic heterocycles. The topological polar surface area (TPSA) is 64.1 Å². The van der Waals surface area contributed by atoms with Crippen molar-refractivity contribution in [3.8, 4) is 0 Å². The minimum atomic E-state index is -0.252. The van der Waals surface area contributed by atoms with Gasteiger partial charge in [0.15, 0.2) is 0 Å². The number of hydrogen-bond acceptors (Lipinski definition) is 4. The Balaban J connectivity index is 2.23. The maximum absolute atomic E-state index is 12.3. The normalized spacial score (nSPS) is 22.2. The van der Waals surface area contributed by atoms with Crippen LogP contribution in [0.2, 0.25) is 0 Å². The molecule has 27 heavy (non-hydrogen) atoms. The zero-order valence-electron chi connectivity index (χ0n) is 16.9. The number of nitrogens with zero attached hydrogens (tertiary/aromatic N) is 3. The molecule has 0 saturated carbocycles. The molecular formula is C21H31N3O3. The molecule has 0 spiro atoms. The van der Waals surface area contributed by atoms with Crippen LogP contribution in [0.1, 0.15) is 30.9 Å². The first-order valence-corrected chi connectivity index (χ1v) is 9.31. The monoisotopic (exact) mass is 373 g/mol. The van der Waals surface area contributed by atoms with Crippen LogP contribution in [-0.4, -0.2) is 84.5 Å². The Morgan fingerprint density at radius 1 is 1.15 bits per heavy atom. The van der Waals surface area contributed by atoms with Crippen molar-refractivity contribution in [1.29, 1.82) is 0 Å². The van der Waals surface area contributed by atoms with Gasteiger partial charge in [-0.05, 0) is 32.1 Å². The number of allylic oxidation sites excluding steroid dienone is 1. The number of benzene rings is 1. The summed E-state index contributed by atoms with van der Waals surface area (Å²) < 4.78 is 0. The van der Waals surface area contributed by atoms with Crippen molar-refractivity contribution in [2.45, 2.75) is 31.8 Å². The van der Waals surface area contributed by atoms with E-state index in [1.807, 2.05) is 50.2 Å². The van der Waals surface area contributed by atoms with Gasteiger partial charge in [-0.2, -0.15) is 0 Å². The van der Waals surface area contributed by atoms with Crippen LogP contribution >= 0.6 is 0 Å². The highest BCUT2D eigenvalue weighted by Gasteiger charge is 2.50. The summed E-state index contributed by atoms with van der Waals surface area (Å²) in [4.78, 5) is 29.7. The summed E-state index contributed by atoms with van der Waals surface area (Å²) in [6.07, 6.45) is 4.02. The molecule has 1 N–H and O–H groups in total. The Morgan fingerprint density at radius 2 is 1.78 bits per heavy atom. The fraction of sp³-hybridized carbons (Fsp3) is 0.524. The highest BCUT2D eigenvalue weighted by molar-refractivity contribution is 5.79. The van der Waals surface area contributed by atoms with Gasteiger partial charge in [0.05, 0.1) is 25.2 Å². The number of likely N-dealkylation sites (tertiary alicyclic amines) is 1. The fourth-order valence-corrected chi connectivity index (χ4v) is 3.86. The van der Waals surface area contributed by atoms with Gasteiger partial charge in [0, 0.05) is 26.4 Å². The minimum Gasteiger partial charge on any atom is -0.394 e. The first kappa shape index (κ1) is 21.1. The third-order valence-electron chi connectivity index (χ3n) is 5.11. The molecule has 0 bridgehead atoms. The van der Waals surface area contributed by atoms with Crippen LogP contribution in [-0.2, 0) is 9.59 Å². The van der Waals surface area contributed by atoms with E-state index in [0.717, 1.165) is 11.1 Å². The quantitative estimate of drug-likeness (QED) is 0.785. The van der Waals surface area contributed by atoms with Gasteiger partial charge in [-0.25, -0.2) is 0 Å². The highest BCUT2D eigenvalue weighted by atomic mass is 16.3. The van der Waals surface area contributed by atoms with Crippen molar-refractivity contribution in [2.75, 3.05) is 40.8 Å². The lowest BCUT2D eigenvalue weighted by Crippen LogP contribution is -2.68. The van der Waals surface area contributed by atoms with Crippen molar-refractivity contribution in [3.63, 3.8) is 0 Å². The number of hydrogen-bond donors (Lipinski definition) is 1. The molecule has 1 aliphatic heterocycles. The third kappa shape index (κ3) is 4.76. The van der Waals surface area contributed by atoms with Crippen LogP contribution < -0.4 is 0 Å². The molecule has 1 saturated heterocycles. The molecule has 6 heteroatoms. The summed E-state index contributed by atoms with van der Waals surface area (Å²) in [5.41, 5.74) is 2.19. The second-order valence-electron chi connectivity index (χ2n) is 7.45. The maximum Gasteiger partial charge on any atom is 0.236 e. The van der Waals surface area contributed by atoms with Gasteiger partial charge in [0.2, 0.25) is 11.8 Å². The van der Waals surface area contributed by atoms with E-state index in [9.17, 15) is 14.7 Å². The molecule has 3 atom stereocenters. The van der Waals surface area contributed by atoms with E-state index in [1.165, 1.54) is 6.92 Å².